The van der Waals surface area contributed by atoms with Crippen LogP contribution in [-0.4, -0.2) is 17.2 Å². The number of ether oxygens (including phenoxy) is 1. The Morgan fingerprint density at radius 3 is 2.37 bits per heavy atom. The second-order valence-corrected chi connectivity index (χ2v) is 13.7. The van der Waals surface area contributed by atoms with Crippen molar-refractivity contribution in [1.82, 2.24) is 0 Å². The van der Waals surface area contributed by atoms with Crippen molar-refractivity contribution in [1.29, 1.82) is 0 Å². The van der Waals surface area contributed by atoms with E-state index in [-0.39, 0.29) is 28.8 Å². The summed E-state index contributed by atoms with van der Waals surface area (Å²) in [5, 5.41) is 9.19. The molecule has 0 aromatic heterocycles. The Hall–Kier alpha value is -1.89. The minimum Gasteiger partial charge on any atom is -0.481 e. The number of anilines is 2. The van der Waals surface area contributed by atoms with Crippen molar-refractivity contribution < 1.29 is 23.4 Å². The van der Waals surface area contributed by atoms with E-state index in [0.29, 0.717) is 53.8 Å². The fraction of sp³-hybridized carbons (Fsp3) is 0.774. The third kappa shape index (κ3) is 4.82. The van der Waals surface area contributed by atoms with Crippen molar-refractivity contribution in [3.05, 3.63) is 23.8 Å². The Labute approximate surface area is 226 Å². The van der Waals surface area contributed by atoms with Gasteiger partial charge in [-0.2, -0.15) is 8.78 Å². The number of rotatable bonds is 7. The minimum absolute atomic E-state index is 0.175. The molecular weight excluding hydrogens is 486 g/mol. The van der Waals surface area contributed by atoms with E-state index in [1.54, 1.807) is 0 Å². The van der Waals surface area contributed by atoms with Crippen LogP contribution >= 0.6 is 0 Å². The van der Waals surface area contributed by atoms with Gasteiger partial charge in [0.25, 0.3) is 0 Å². The summed E-state index contributed by atoms with van der Waals surface area (Å²) in [5.41, 5.74) is 12.2. The van der Waals surface area contributed by atoms with Crippen molar-refractivity contribution in [3.63, 3.8) is 0 Å². The van der Waals surface area contributed by atoms with Crippen molar-refractivity contribution in [2.75, 3.05) is 11.5 Å². The number of nitrogen functional groups attached to an aromatic ring is 2. The maximum Gasteiger partial charge on any atom is 0.383 e. The number of halogens is 2. The van der Waals surface area contributed by atoms with Crippen molar-refractivity contribution in [2.24, 2.45) is 46.3 Å². The van der Waals surface area contributed by atoms with E-state index >= 15 is 8.78 Å². The lowest BCUT2D eigenvalue weighted by atomic mass is 9.44. The van der Waals surface area contributed by atoms with Crippen molar-refractivity contribution >= 4 is 17.3 Å². The first-order valence-corrected chi connectivity index (χ1v) is 14.8. The highest BCUT2D eigenvalue weighted by Gasteiger charge is 2.61. The Morgan fingerprint density at radius 1 is 1.03 bits per heavy atom. The molecule has 0 bridgehead atoms. The highest BCUT2D eigenvalue weighted by atomic mass is 19.3. The van der Waals surface area contributed by atoms with Gasteiger partial charge in [-0.15, -0.1) is 0 Å². The molecule has 1 aromatic carbocycles. The van der Waals surface area contributed by atoms with Gasteiger partial charge < -0.3 is 21.3 Å². The SMILES string of the molecule is C[C@H](CCC(=O)O)[C@H]1CC[C@H]2[C@@H]3CCC4CC(OC(F)(F)c5cc(N)cc(N)c5)CC[C@]4(C)[C@H]3CC[C@]12C. The molecule has 1 aromatic rings. The number of aliphatic carboxylic acids is 1. The van der Waals surface area contributed by atoms with Crippen LogP contribution in [0, 0.1) is 46.3 Å². The molecule has 5 nitrogen and oxygen atoms in total. The number of carbonyl (C=O) groups is 1. The zero-order valence-electron chi connectivity index (χ0n) is 23.2. The van der Waals surface area contributed by atoms with Crippen LogP contribution < -0.4 is 11.5 Å². The lowest BCUT2D eigenvalue weighted by Gasteiger charge is -2.61. The van der Waals surface area contributed by atoms with Crippen molar-refractivity contribution in [3.8, 4) is 0 Å². The van der Waals surface area contributed by atoms with Crippen LogP contribution in [-0.2, 0) is 15.6 Å². The molecule has 4 fully saturated rings. The van der Waals surface area contributed by atoms with E-state index in [0.717, 1.165) is 19.3 Å². The molecule has 0 heterocycles. The van der Waals surface area contributed by atoms with E-state index < -0.39 is 18.2 Å². The molecule has 212 valence electrons. The van der Waals surface area contributed by atoms with Gasteiger partial charge in [-0.1, -0.05) is 20.8 Å². The number of carboxylic acids is 1. The molecule has 38 heavy (non-hydrogen) atoms. The molecule has 4 aliphatic carbocycles. The maximum atomic E-state index is 15.1. The predicted octanol–water partition coefficient (Wildman–Crippen LogP) is 7.45. The van der Waals surface area contributed by atoms with Gasteiger partial charge in [0.1, 0.15) is 0 Å². The number of hydrogen-bond acceptors (Lipinski definition) is 4. The minimum atomic E-state index is -3.41. The Balaban J connectivity index is 1.26. The van der Waals surface area contributed by atoms with Crippen LogP contribution in [0.15, 0.2) is 18.2 Å². The molecule has 7 heteroatoms. The normalized spacial score (nSPS) is 39.6. The third-order valence-electron chi connectivity index (χ3n) is 11.8. The predicted molar refractivity (Wildman–Crippen MR) is 145 cm³/mol. The molecule has 0 spiro atoms. The Bertz CT molecular complexity index is 1030. The zero-order chi connectivity index (χ0) is 27.5. The van der Waals surface area contributed by atoms with Gasteiger partial charge in [-0.3, -0.25) is 4.79 Å². The monoisotopic (exact) mass is 532 g/mol. The molecule has 0 radical (unpaired) electrons. The van der Waals surface area contributed by atoms with E-state index in [1.165, 1.54) is 50.3 Å². The summed E-state index contributed by atoms with van der Waals surface area (Å²) in [5.74, 6) is 2.79. The van der Waals surface area contributed by atoms with Gasteiger partial charge in [0.2, 0.25) is 0 Å². The molecule has 0 amide bonds. The van der Waals surface area contributed by atoms with E-state index in [9.17, 15) is 9.90 Å². The van der Waals surface area contributed by atoms with Crippen LogP contribution in [0.5, 0.6) is 0 Å². The number of carboxylic acid groups (broad SMARTS) is 1. The molecule has 5 N–H and O–H groups in total. The smallest absolute Gasteiger partial charge is 0.383 e. The topological polar surface area (TPSA) is 98.6 Å². The van der Waals surface area contributed by atoms with Crippen LogP contribution in [0.25, 0.3) is 0 Å². The second kappa shape index (κ2) is 9.94. The maximum absolute atomic E-state index is 15.1. The van der Waals surface area contributed by atoms with Crippen LogP contribution in [0.3, 0.4) is 0 Å². The first kappa shape index (κ1) is 27.7. The average Bonchev–Trinajstić information content (AvgIpc) is 3.19. The number of alkyl halides is 2. The lowest BCUT2D eigenvalue weighted by Crippen LogP contribution is -2.54. The van der Waals surface area contributed by atoms with Gasteiger partial charge in [0.05, 0.1) is 11.7 Å². The van der Waals surface area contributed by atoms with E-state index in [1.807, 2.05) is 0 Å². The molecule has 0 aliphatic heterocycles. The number of hydrogen-bond donors (Lipinski definition) is 3. The van der Waals surface area contributed by atoms with Gasteiger partial charge in [0, 0.05) is 17.8 Å². The summed E-state index contributed by atoms with van der Waals surface area (Å²) in [6.45, 7) is 7.19. The number of benzene rings is 1. The van der Waals surface area contributed by atoms with Gasteiger partial charge in [0.15, 0.2) is 0 Å². The van der Waals surface area contributed by atoms with Crippen LogP contribution in [0.2, 0.25) is 0 Å². The number of nitrogens with two attached hydrogens (primary N) is 2. The molecule has 4 saturated carbocycles. The third-order valence-corrected chi connectivity index (χ3v) is 11.8. The molecular formula is C31H46F2N2O3. The summed E-state index contributed by atoms with van der Waals surface area (Å²) in [6, 6.07) is 3.98. The first-order valence-electron chi connectivity index (χ1n) is 14.8. The van der Waals surface area contributed by atoms with E-state index in [4.69, 9.17) is 16.2 Å². The van der Waals surface area contributed by atoms with Crippen LogP contribution in [0.1, 0.15) is 97.0 Å². The quantitative estimate of drug-likeness (QED) is 0.317. The second-order valence-electron chi connectivity index (χ2n) is 13.7. The lowest BCUT2D eigenvalue weighted by molar-refractivity contribution is -0.286. The summed E-state index contributed by atoms with van der Waals surface area (Å²) < 4.78 is 35.7. The van der Waals surface area contributed by atoms with Crippen molar-refractivity contribution in [2.45, 2.75) is 104 Å². The summed E-state index contributed by atoms with van der Waals surface area (Å²) in [4.78, 5) is 11.2. The average molecular weight is 533 g/mol. The molecule has 0 saturated heterocycles. The molecule has 2 unspecified atom stereocenters. The zero-order valence-corrected chi connectivity index (χ0v) is 23.2. The van der Waals surface area contributed by atoms with Gasteiger partial charge in [-0.25, -0.2) is 0 Å². The molecule has 9 atom stereocenters. The van der Waals surface area contributed by atoms with E-state index in [2.05, 4.69) is 20.8 Å². The highest BCUT2D eigenvalue weighted by Crippen LogP contribution is 2.68. The van der Waals surface area contributed by atoms with Crippen LogP contribution in [0.4, 0.5) is 20.2 Å². The summed E-state index contributed by atoms with van der Waals surface area (Å²) in [6.07, 6.45) is 6.55. The Kier molecular flexibility index (Phi) is 7.24. The van der Waals surface area contributed by atoms with Gasteiger partial charge in [-0.05, 0) is 129 Å². The standard InChI is InChI=1S/C31H46F2N2O3/c1-18(4-9-28(36)37)25-7-8-26-24-6-5-19-16-23(10-12-29(19,2)27(24)11-13-30(25,26)3)38-31(32,33)20-14-21(34)17-22(35)15-20/h14-15,17-19,23-27H,4-13,16,34-35H2,1-3H3,(H,36,37)/t18-,19?,23?,24+,25-,26+,27+,29+,30-/m1/s1. The Morgan fingerprint density at radius 2 is 1.68 bits per heavy atom. The fourth-order valence-corrected chi connectivity index (χ4v) is 9.98. The summed E-state index contributed by atoms with van der Waals surface area (Å²) >= 11 is 0. The molecule has 5 rings (SSSR count). The largest absolute Gasteiger partial charge is 0.481 e. The number of fused-ring (bicyclic) bond motifs is 5. The first-order chi connectivity index (χ1) is 17.8. The van der Waals surface area contributed by atoms with Gasteiger partial charge >= 0.3 is 12.1 Å². The fourth-order valence-electron chi connectivity index (χ4n) is 9.98. The molecule has 4 aliphatic rings. The summed E-state index contributed by atoms with van der Waals surface area (Å²) in [7, 11) is 0. The highest BCUT2D eigenvalue weighted by molar-refractivity contribution is 5.66.